The van der Waals surface area contributed by atoms with Crippen molar-refractivity contribution in [1.82, 2.24) is 14.8 Å². The highest BCUT2D eigenvalue weighted by Crippen LogP contribution is 2.09. The molecule has 2 rings (SSSR count). The molecule has 0 N–H and O–H groups in total. The Morgan fingerprint density at radius 1 is 1.50 bits per heavy atom. The molecule has 0 atom stereocenters. The van der Waals surface area contributed by atoms with E-state index >= 15 is 0 Å². The molecule has 2 heterocycles. The van der Waals surface area contributed by atoms with Gasteiger partial charge in [0.05, 0.1) is 6.42 Å². The van der Waals surface area contributed by atoms with Crippen molar-refractivity contribution in [3.05, 3.63) is 35.8 Å². The van der Waals surface area contributed by atoms with E-state index in [9.17, 15) is 4.79 Å². The van der Waals surface area contributed by atoms with E-state index in [1.165, 1.54) is 6.33 Å². The molecule has 0 aliphatic rings. The highest BCUT2D eigenvalue weighted by atomic mass is 16.3. The summed E-state index contributed by atoms with van der Waals surface area (Å²) in [4.78, 5) is 15.9. The van der Waals surface area contributed by atoms with Crippen molar-refractivity contribution in [1.29, 1.82) is 0 Å². The van der Waals surface area contributed by atoms with Gasteiger partial charge >= 0.3 is 0 Å². The van der Waals surface area contributed by atoms with E-state index in [4.69, 9.17) is 4.42 Å². The predicted octanol–water partition coefficient (Wildman–Crippen LogP) is 1.62. The van der Waals surface area contributed by atoms with Gasteiger partial charge in [0.15, 0.2) is 5.76 Å². The van der Waals surface area contributed by atoms with E-state index in [2.05, 4.69) is 10.1 Å². The first-order chi connectivity index (χ1) is 7.70. The van der Waals surface area contributed by atoms with Crippen molar-refractivity contribution in [2.75, 3.05) is 0 Å². The number of aromatic nitrogens is 3. The van der Waals surface area contributed by atoms with Gasteiger partial charge in [0.25, 0.3) is 0 Å². The Morgan fingerprint density at radius 3 is 2.94 bits per heavy atom. The first-order valence-corrected chi connectivity index (χ1v) is 5.17. The Kier molecular flexibility index (Phi) is 2.85. The molecule has 0 aliphatic carbocycles. The van der Waals surface area contributed by atoms with Crippen LogP contribution >= 0.6 is 0 Å². The Bertz CT molecular complexity index is 499. The summed E-state index contributed by atoms with van der Waals surface area (Å²) < 4.78 is 6.96. The number of hydrogen-bond donors (Lipinski definition) is 0. The van der Waals surface area contributed by atoms with Crippen LogP contribution in [0.2, 0.25) is 0 Å². The van der Waals surface area contributed by atoms with Crippen LogP contribution < -0.4 is 0 Å². The maximum absolute atomic E-state index is 11.8. The lowest BCUT2D eigenvalue weighted by molar-refractivity contribution is 0.0961. The van der Waals surface area contributed by atoms with Gasteiger partial charge < -0.3 is 4.42 Å². The van der Waals surface area contributed by atoms with E-state index < -0.39 is 0 Å². The van der Waals surface area contributed by atoms with Crippen LogP contribution in [0.3, 0.4) is 0 Å². The van der Waals surface area contributed by atoms with E-state index in [-0.39, 0.29) is 12.2 Å². The molecule has 0 spiro atoms. The van der Waals surface area contributed by atoms with E-state index in [1.807, 2.05) is 13.8 Å². The maximum Gasteiger partial charge on any atom is 0.205 e. The number of carbonyl (C=O) groups excluding carboxylic acids is 1. The largest absolute Gasteiger partial charge is 0.458 e. The lowest BCUT2D eigenvalue weighted by Gasteiger charge is -2.00. The molecule has 2 aromatic heterocycles. The number of aryl methyl sites for hydroxylation is 2. The third kappa shape index (κ3) is 2.03. The Morgan fingerprint density at radius 2 is 2.31 bits per heavy atom. The zero-order valence-corrected chi connectivity index (χ0v) is 9.30. The van der Waals surface area contributed by atoms with Gasteiger partial charge in [0.2, 0.25) is 5.78 Å². The van der Waals surface area contributed by atoms with Crippen LogP contribution in [0.4, 0.5) is 0 Å². The molecule has 5 heteroatoms. The topological polar surface area (TPSA) is 60.9 Å². The van der Waals surface area contributed by atoms with Crippen LogP contribution in [0.25, 0.3) is 0 Å². The second-order valence-corrected chi connectivity index (χ2v) is 3.50. The summed E-state index contributed by atoms with van der Waals surface area (Å²) in [7, 11) is 0. The normalized spacial score (nSPS) is 10.6. The first-order valence-electron chi connectivity index (χ1n) is 5.17. The molecule has 0 radical (unpaired) electrons. The summed E-state index contributed by atoms with van der Waals surface area (Å²) >= 11 is 0. The summed E-state index contributed by atoms with van der Waals surface area (Å²) in [5.41, 5.74) is 0. The van der Waals surface area contributed by atoms with Gasteiger partial charge in [-0.2, -0.15) is 5.10 Å². The lowest BCUT2D eigenvalue weighted by Crippen LogP contribution is -2.10. The SMILES string of the molecule is CCn1ncnc1CC(=O)c1ccc(C)o1. The highest BCUT2D eigenvalue weighted by molar-refractivity contribution is 5.94. The summed E-state index contributed by atoms with van der Waals surface area (Å²) in [6.07, 6.45) is 1.68. The standard InChI is InChI=1S/C11H13N3O2/c1-3-14-11(12-7-13-14)6-9(15)10-5-4-8(2)16-10/h4-5,7H,3,6H2,1-2H3. The summed E-state index contributed by atoms with van der Waals surface area (Å²) in [6, 6.07) is 3.46. The lowest BCUT2D eigenvalue weighted by atomic mass is 10.2. The van der Waals surface area contributed by atoms with Crippen molar-refractivity contribution in [3.63, 3.8) is 0 Å². The zero-order valence-electron chi connectivity index (χ0n) is 9.30. The molecule has 0 aliphatic heterocycles. The Labute approximate surface area is 93.1 Å². The Balaban J connectivity index is 2.13. The van der Waals surface area contributed by atoms with Crippen molar-refractivity contribution in [2.24, 2.45) is 0 Å². The molecule has 0 amide bonds. The fourth-order valence-corrected chi connectivity index (χ4v) is 1.50. The highest BCUT2D eigenvalue weighted by Gasteiger charge is 2.14. The van der Waals surface area contributed by atoms with Crippen molar-refractivity contribution in [2.45, 2.75) is 26.8 Å². The minimum Gasteiger partial charge on any atom is -0.458 e. The summed E-state index contributed by atoms with van der Waals surface area (Å²) in [5.74, 6) is 1.71. The number of furan rings is 1. The monoisotopic (exact) mass is 219 g/mol. The number of carbonyl (C=O) groups is 1. The fraction of sp³-hybridized carbons (Fsp3) is 0.364. The molecule has 0 unspecified atom stereocenters. The molecule has 0 fully saturated rings. The number of nitrogens with zero attached hydrogens (tertiary/aromatic N) is 3. The summed E-state index contributed by atoms with van der Waals surface area (Å²) in [5, 5.41) is 4.01. The van der Waals surface area contributed by atoms with Crippen LogP contribution in [0.15, 0.2) is 22.9 Å². The van der Waals surface area contributed by atoms with Gasteiger partial charge in [-0.15, -0.1) is 0 Å². The van der Waals surface area contributed by atoms with Crippen molar-refractivity contribution in [3.8, 4) is 0 Å². The van der Waals surface area contributed by atoms with Gasteiger partial charge in [0.1, 0.15) is 17.9 Å². The van der Waals surface area contributed by atoms with Crippen molar-refractivity contribution >= 4 is 5.78 Å². The number of Topliss-reactive ketones (excluding diaryl/α,β-unsaturated/α-hetero) is 1. The quantitative estimate of drug-likeness (QED) is 0.733. The predicted molar refractivity (Wildman–Crippen MR) is 57.2 cm³/mol. The van der Waals surface area contributed by atoms with Gasteiger partial charge in [0, 0.05) is 6.54 Å². The molecule has 84 valence electrons. The molecule has 0 saturated heterocycles. The number of ketones is 1. The third-order valence-corrected chi connectivity index (χ3v) is 2.33. The average Bonchev–Trinajstić information content (AvgIpc) is 2.86. The van der Waals surface area contributed by atoms with Gasteiger partial charge in [-0.25, -0.2) is 9.67 Å². The van der Waals surface area contributed by atoms with Crippen LogP contribution in [0, 0.1) is 6.92 Å². The van der Waals surface area contributed by atoms with Gasteiger partial charge in [-0.3, -0.25) is 4.79 Å². The van der Waals surface area contributed by atoms with Crippen LogP contribution in [-0.4, -0.2) is 20.5 Å². The number of rotatable bonds is 4. The van der Waals surface area contributed by atoms with Crippen LogP contribution in [-0.2, 0) is 13.0 Å². The average molecular weight is 219 g/mol. The van der Waals surface area contributed by atoms with E-state index in [0.29, 0.717) is 18.1 Å². The molecule has 16 heavy (non-hydrogen) atoms. The fourth-order valence-electron chi connectivity index (χ4n) is 1.50. The van der Waals surface area contributed by atoms with Gasteiger partial charge in [-0.1, -0.05) is 0 Å². The summed E-state index contributed by atoms with van der Waals surface area (Å²) in [6.45, 7) is 4.48. The molecule has 0 saturated carbocycles. The van der Waals surface area contributed by atoms with E-state index in [0.717, 1.165) is 5.76 Å². The smallest absolute Gasteiger partial charge is 0.205 e. The Hall–Kier alpha value is -1.91. The minimum atomic E-state index is -0.0733. The zero-order chi connectivity index (χ0) is 11.5. The minimum absolute atomic E-state index is 0.0733. The molecule has 0 aromatic carbocycles. The molecular weight excluding hydrogens is 206 g/mol. The molecule has 5 nitrogen and oxygen atoms in total. The molecule has 2 aromatic rings. The molecular formula is C11H13N3O2. The number of hydrogen-bond acceptors (Lipinski definition) is 4. The van der Waals surface area contributed by atoms with Gasteiger partial charge in [-0.05, 0) is 26.0 Å². The molecule has 0 bridgehead atoms. The maximum atomic E-state index is 11.8. The van der Waals surface area contributed by atoms with Crippen molar-refractivity contribution < 1.29 is 9.21 Å². The second kappa shape index (κ2) is 4.30. The van der Waals surface area contributed by atoms with Crippen LogP contribution in [0.1, 0.15) is 29.1 Å². The third-order valence-electron chi connectivity index (χ3n) is 2.33. The van der Waals surface area contributed by atoms with E-state index in [1.54, 1.807) is 16.8 Å². The van der Waals surface area contributed by atoms with Crippen LogP contribution in [0.5, 0.6) is 0 Å². The second-order valence-electron chi connectivity index (χ2n) is 3.50. The first kappa shape index (κ1) is 10.6.